The molecule has 1 rings (SSSR count). The molecule has 0 aliphatic rings. The highest BCUT2D eigenvalue weighted by atomic mass is 35.5. The summed E-state index contributed by atoms with van der Waals surface area (Å²) in [4.78, 5) is 34.0. The van der Waals surface area contributed by atoms with Crippen LogP contribution < -0.4 is 5.32 Å². The Morgan fingerprint density at radius 3 is 2.29 bits per heavy atom. The first-order chi connectivity index (χ1) is 9.72. The summed E-state index contributed by atoms with van der Waals surface area (Å²) in [6.45, 7) is 0.658. The van der Waals surface area contributed by atoms with E-state index in [1.54, 1.807) is 24.3 Å². The number of aliphatic hydroxyl groups is 1. The van der Waals surface area contributed by atoms with Gasteiger partial charge in [0.1, 0.15) is 0 Å². The molecule has 3 N–H and O–H groups in total. The van der Waals surface area contributed by atoms with Crippen LogP contribution in [0.3, 0.4) is 0 Å². The van der Waals surface area contributed by atoms with Gasteiger partial charge in [-0.1, -0.05) is 11.6 Å². The number of carbonyl (C=O) groups excluding carboxylic acids is 2. The molecule has 0 aromatic heterocycles. The fourth-order valence-corrected chi connectivity index (χ4v) is 1.57. The highest BCUT2D eigenvalue weighted by Gasteiger charge is 2.30. The summed E-state index contributed by atoms with van der Waals surface area (Å²) in [6, 6.07) is 6.30. The molecule has 0 bridgehead atoms. The van der Waals surface area contributed by atoms with Crippen molar-refractivity contribution in [1.29, 1.82) is 0 Å². The number of hydrogen-bond acceptors (Lipinski definition) is 4. The summed E-state index contributed by atoms with van der Waals surface area (Å²) in [7, 11) is 0. The third-order valence-electron chi connectivity index (χ3n) is 2.84. The summed E-state index contributed by atoms with van der Waals surface area (Å²) in [5, 5.41) is 20.9. The van der Waals surface area contributed by atoms with E-state index in [-0.39, 0.29) is 18.6 Å². The van der Waals surface area contributed by atoms with Crippen molar-refractivity contribution >= 4 is 29.3 Å². The molecule has 1 aromatic rings. The van der Waals surface area contributed by atoms with Crippen LogP contribution >= 0.6 is 11.6 Å². The molecule has 0 saturated carbocycles. The quantitative estimate of drug-likeness (QED) is 0.657. The van der Waals surface area contributed by atoms with E-state index < -0.39 is 24.0 Å². The zero-order valence-electron chi connectivity index (χ0n) is 11.4. The average Bonchev–Trinajstić information content (AvgIpc) is 2.43. The zero-order chi connectivity index (χ0) is 16.0. The number of rotatable bonds is 7. The van der Waals surface area contributed by atoms with Crippen molar-refractivity contribution in [3.8, 4) is 0 Å². The van der Waals surface area contributed by atoms with Crippen LogP contribution in [-0.2, 0) is 9.59 Å². The molecule has 1 amide bonds. The van der Waals surface area contributed by atoms with Crippen LogP contribution in [0, 0.1) is 0 Å². The zero-order valence-corrected chi connectivity index (χ0v) is 12.2. The van der Waals surface area contributed by atoms with Crippen molar-refractivity contribution in [2.24, 2.45) is 0 Å². The van der Waals surface area contributed by atoms with Gasteiger partial charge < -0.3 is 15.5 Å². The second-order valence-electron chi connectivity index (χ2n) is 4.79. The van der Waals surface area contributed by atoms with Crippen LogP contribution in [0.25, 0.3) is 0 Å². The van der Waals surface area contributed by atoms with Crippen molar-refractivity contribution in [3.63, 3.8) is 0 Å². The topological polar surface area (TPSA) is 104 Å². The second kappa shape index (κ2) is 7.19. The number of aliphatic carboxylic acids is 1. The second-order valence-corrected chi connectivity index (χ2v) is 5.22. The maximum atomic E-state index is 11.8. The number of amides is 1. The van der Waals surface area contributed by atoms with Gasteiger partial charge in [-0.3, -0.25) is 9.59 Å². The molecule has 0 saturated heterocycles. The fourth-order valence-electron chi connectivity index (χ4n) is 1.44. The van der Waals surface area contributed by atoms with Crippen molar-refractivity contribution in [1.82, 2.24) is 5.32 Å². The van der Waals surface area contributed by atoms with E-state index >= 15 is 0 Å². The number of halogens is 1. The highest BCUT2D eigenvalue weighted by molar-refractivity contribution is 6.30. The van der Waals surface area contributed by atoms with Gasteiger partial charge in [0.15, 0.2) is 11.4 Å². The first-order valence-corrected chi connectivity index (χ1v) is 6.61. The number of carbonyl (C=O) groups is 3. The first-order valence-electron chi connectivity index (χ1n) is 6.23. The molecule has 0 aliphatic carbocycles. The Balaban J connectivity index is 2.41. The molecule has 1 atom stereocenters. The number of Topliss-reactive ketones (excluding diaryl/α,β-unsaturated/α-hetero) is 1. The monoisotopic (exact) mass is 313 g/mol. The molecule has 0 fully saturated rings. The van der Waals surface area contributed by atoms with E-state index in [1.807, 2.05) is 0 Å². The van der Waals surface area contributed by atoms with Gasteiger partial charge in [-0.2, -0.15) is 0 Å². The summed E-state index contributed by atoms with van der Waals surface area (Å²) < 4.78 is 0. The van der Waals surface area contributed by atoms with E-state index in [1.165, 1.54) is 0 Å². The lowest BCUT2D eigenvalue weighted by molar-refractivity contribution is -0.156. The Morgan fingerprint density at radius 1 is 1.19 bits per heavy atom. The normalized spacial score (nSPS) is 13.3. The Kier molecular flexibility index (Phi) is 5.87. The summed E-state index contributed by atoms with van der Waals surface area (Å²) >= 11 is 5.71. The standard InChI is InChI=1S/C14H16ClNO5/c1-14(21,13(19)20)8-16-12(18)7-6-11(17)9-2-4-10(15)5-3-9/h2-5,21H,6-8H2,1H3,(H,16,18)(H,19,20). The third-order valence-corrected chi connectivity index (χ3v) is 3.09. The number of hydrogen-bond donors (Lipinski definition) is 3. The SMILES string of the molecule is CC(O)(CNC(=O)CCC(=O)c1ccc(Cl)cc1)C(=O)O. The van der Waals surface area contributed by atoms with Crippen LogP contribution in [-0.4, -0.2) is 40.0 Å². The number of ketones is 1. The fraction of sp³-hybridized carbons (Fsp3) is 0.357. The molecule has 114 valence electrons. The maximum absolute atomic E-state index is 11.8. The maximum Gasteiger partial charge on any atom is 0.337 e. The molecule has 0 heterocycles. The van der Waals surface area contributed by atoms with E-state index in [0.29, 0.717) is 10.6 Å². The van der Waals surface area contributed by atoms with Gasteiger partial charge in [-0.15, -0.1) is 0 Å². The third kappa shape index (κ3) is 5.53. The van der Waals surface area contributed by atoms with Gasteiger partial charge in [0.25, 0.3) is 0 Å². The molecule has 0 aliphatic heterocycles. The lowest BCUT2D eigenvalue weighted by Crippen LogP contribution is -2.46. The summed E-state index contributed by atoms with van der Waals surface area (Å²) in [5.74, 6) is -2.15. The largest absolute Gasteiger partial charge is 0.479 e. The minimum atomic E-state index is -2.03. The first kappa shape index (κ1) is 17.1. The minimum Gasteiger partial charge on any atom is -0.479 e. The van der Waals surface area contributed by atoms with Crippen LogP contribution in [0.15, 0.2) is 24.3 Å². The van der Waals surface area contributed by atoms with Gasteiger partial charge in [-0.05, 0) is 31.2 Å². The molecule has 1 unspecified atom stereocenters. The molecule has 0 spiro atoms. The smallest absolute Gasteiger partial charge is 0.337 e. The lowest BCUT2D eigenvalue weighted by Gasteiger charge is -2.18. The predicted molar refractivity (Wildman–Crippen MR) is 76.3 cm³/mol. The molecular formula is C14H16ClNO5. The van der Waals surface area contributed by atoms with E-state index in [0.717, 1.165) is 6.92 Å². The van der Waals surface area contributed by atoms with E-state index in [2.05, 4.69) is 5.32 Å². The van der Waals surface area contributed by atoms with Crippen molar-refractivity contribution in [2.75, 3.05) is 6.54 Å². The number of carboxylic acid groups (broad SMARTS) is 1. The Labute approximate surface area is 126 Å². The van der Waals surface area contributed by atoms with Gasteiger partial charge >= 0.3 is 5.97 Å². The minimum absolute atomic E-state index is 0.0112. The summed E-state index contributed by atoms with van der Waals surface area (Å²) in [5.41, 5.74) is -1.58. The molecule has 6 nitrogen and oxygen atoms in total. The highest BCUT2D eigenvalue weighted by Crippen LogP contribution is 2.12. The van der Waals surface area contributed by atoms with Gasteiger partial charge in [0.2, 0.25) is 5.91 Å². The van der Waals surface area contributed by atoms with Gasteiger partial charge in [-0.25, -0.2) is 4.79 Å². The van der Waals surface area contributed by atoms with E-state index in [9.17, 15) is 19.5 Å². The van der Waals surface area contributed by atoms with Crippen LogP contribution in [0.4, 0.5) is 0 Å². The predicted octanol–water partition coefficient (Wildman–Crippen LogP) is 1.25. The van der Waals surface area contributed by atoms with Crippen molar-refractivity contribution < 1.29 is 24.6 Å². The van der Waals surface area contributed by atoms with Crippen molar-refractivity contribution in [2.45, 2.75) is 25.4 Å². The number of benzene rings is 1. The molecule has 7 heteroatoms. The Bertz CT molecular complexity index is 539. The molecule has 0 radical (unpaired) electrons. The average molecular weight is 314 g/mol. The van der Waals surface area contributed by atoms with Gasteiger partial charge in [0, 0.05) is 23.4 Å². The molecule has 21 heavy (non-hydrogen) atoms. The van der Waals surface area contributed by atoms with Crippen LogP contribution in [0.2, 0.25) is 5.02 Å². The number of carboxylic acids is 1. The van der Waals surface area contributed by atoms with Gasteiger partial charge in [0.05, 0.1) is 6.54 Å². The molecular weight excluding hydrogens is 298 g/mol. The van der Waals surface area contributed by atoms with Crippen molar-refractivity contribution in [3.05, 3.63) is 34.9 Å². The van der Waals surface area contributed by atoms with E-state index in [4.69, 9.17) is 16.7 Å². The lowest BCUT2D eigenvalue weighted by atomic mass is 10.1. The van der Waals surface area contributed by atoms with Crippen LogP contribution in [0.5, 0.6) is 0 Å². The summed E-state index contributed by atoms with van der Waals surface area (Å²) in [6.07, 6.45) is -0.0974. The Hall–Kier alpha value is -1.92. The Morgan fingerprint density at radius 2 is 1.76 bits per heavy atom. The molecule has 1 aromatic carbocycles. The van der Waals surface area contributed by atoms with Crippen LogP contribution in [0.1, 0.15) is 30.1 Å². The number of nitrogens with one attached hydrogen (secondary N) is 1.